The lowest BCUT2D eigenvalue weighted by Crippen LogP contribution is -2.44. The Bertz CT molecular complexity index is 775. The number of likely N-dealkylation sites (tertiary alicyclic amines) is 1. The highest BCUT2D eigenvalue weighted by molar-refractivity contribution is 5.81. The molecule has 1 aliphatic rings. The van der Waals surface area contributed by atoms with Gasteiger partial charge in [0.1, 0.15) is 0 Å². The van der Waals surface area contributed by atoms with Gasteiger partial charge in [-0.25, -0.2) is 0 Å². The van der Waals surface area contributed by atoms with E-state index >= 15 is 0 Å². The first-order chi connectivity index (χ1) is 12.3. The molecule has 0 unspecified atom stereocenters. The Labute approximate surface area is 155 Å². The summed E-state index contributed by atoms with van der Waals surface area (Å²) >= 11 is 0. The van der Waals surface area contributed by atoms with Crippen molar-refractivity contribution in [1.29, 1.82) is 0 Å². The van der Waals surface area contributed by atoms with E-state index in [9.17, 15) is 4.79 Å². The van der Waals surface area contributed by atoms with Crippen LogP contribution in [-0.4, -0.2) is 43.6 Å². The summed E-state index contributed by atoms with van der Waals surface area (Å²) in [5, 5.41) is 4.44. The summed E-state index contributed by atoms with van der Waals surface area (Å²) in [5.41, 5.74) is 2.49. The van der Waals surface area contributed by atoms with Gasteiger partial charge in [-0.1, -0.05) is 20.8 Å². The van der Waals surface area contributed by atoms with Gasteiger partial charge in [-0.3, -0.25) is 19.4 Å². The van der Waals surface area contributed by atoms with Crippen LogP contribution in [0.3, 0.4) is 0 Å². The minimum absolute atomic E-state index is 0.209. The summed E-state index contributed by atoms with van der Waals surface area (Å²) in [5.74, 6) is 0.418. The van der Waals surface area contributed by atoms with Crippen LogP contribution in [0.5, 0.6) is 0 Å². The normalized spacial score (nSPS) is 18.4. The van der Waals surface area contributed by atoms with Crippen molar-refractivity contribution in [3.8, 4) is 11.3 Å². The van der Waals surface area contributed by atoms with E-state index in [0.29, 0.717) is 12.6 Å². The monoisotopic (exact) mass is 355 g/mol. The van der Waals surface area contributed by atoms with Crippen LogP contribution < -0.4 is 0 Å². The zero-order valence-electron chi connectivity index (χ0n) is 16.4. The Morgan fingerprint density at radius 3 is 2.62 bits per heavy atom. The van der Waals surface area contributed by atoms with Gasteiger partial charge < -0.3 is 4.90 Å². The molecule has 1 fully saturated rings. The van der Waals surface area contributed by atoms with E-state index in [4.69, 9.17) is 0 Å². The first-order valence-electron chi connectivity index (χ1n) is 9.42. The van der Waals surface area contributed by atoms with Gasteiger partial charge >= 0.3 is 0 Å². The molecule has 1 saturated heterocycles. The third-order valence-corrected chi connectivity index (χ3v) is 4.87. The summed E-state index contributed by atoms with van der Waals surface area (Å²) in [6, 6.07) is 0.304. The molecule has 1 amide bonds. The minimum Gasteiger partial charge on any atom is -0.342 e. The summed E-state index contributed by atoms with van der Waals surface area (Å²) in [6.07, 6.45) is 9.38. The van der Waals surface area contributed by atoms with Crippen LogP contribution >= 0.6 is 0 Å². The number of nitrogens with zero attached hydrogens (tertiary/aromatic N) is 5. The van der Waals surface area contributed by atoms with Gasteiger partial charge in [0, 0.05) is 54.6 Å². The summed E-state index contributed by atoms with van der Waals surface area (Å²) < 4.78 is 1.93. The second-order valence-corrected chi connectivity index (χ2v) is 8.43. The Hall–Kier alpha value is -2.24. The van der Waals surface area contributed by atoms with Gasteiger partial charge in [-0.2, -0.15) is 5.10 Å². The molecule has 1 aliphatic heterocycles. The Morgan fingerprint density at radius 2 is 1.96 bits per heavy atom. The van der Waals surface area contributed by atoms with E-state index in [2.05, 4.69) is 28.9 Å². The predicted octanol–water partition coefficient (Wildman–Crippen LogP) is 3.67. The average molecular weight is 355 g/mol. The van der Waals surface area contributed by atoms with Gasteiger partial charge in [-0.15, -0.1) is 0 Å². The van der Waals surface area contributed by atoms with E-state index in [-0.39, 0.29) is 17.2 Å². The van der Waals surface area contributed by atoms with Crippen molar-refractivity contribution >= 4 is 5.91 Å². The second-order valence-electron chi connectivity index (χ2n) is 8.43. The zero-order chi connectivity index (χ0) is 18.9. The van der Waals surface area contributed by atoms with Crippen LogP contribution in [-0.2, 0) is 4.79 Å². The minimum atomic E-state index is -0.356. The molecule has 1 atom stereocenters. The fraction of sp³-hybridized carbons (Fsp3) is 0.600. The molecule has 6 heteroatoms. The lowest BCUT2D eigenvalue weighted by molar-refractivity contribution is -0.140. The Morgan fingerprint density at radius 1 is 1.23 bits per heavy atom. The number of aromatic nitrogens is 4. The molecular weight excluding hydrogens is 326 g/mol. The first-order valence-corrected chi connectivity index (χ1v) is 9.42. The third kappa shape index (κ3) is 3.79. The molecule has 0 N–H and O–H groups in total. The lowest BCUT2D eigenvalue weighted by Gasteiger charge is -2.36. The molecule has 3 heterocycles. The third-order valence-electron chi connectivity index (χ3n) is 4.87. The second kappa shape index (κ2) is 7.17. The molecular formula is C20H29N5O. The molecule has 6 nitrogen and oxygen atoms in total. The quantitative estimate of drug-likeness (QED) is 0.842. The van der Waals surface area contributed by atoms with E-state index in [1.165, 1.54) is 0 Å². The highest BCUT2D eigenvalue weighted by atomic mass is 16.2. The number of hydrogen-bond donors (Lipinski definition) is 0. The number of carbonyl (C=O) groups excluding carboxylic acids is 1. The average Bonchev–Trinajstić information content (AvgIpc) is 3.11. The lowest BCUT2D eigenvalue weighted by atomic mass is 9.88. The maximum atomic E-state index is 12.7. The van der Waals surface area contributed by atoms with Gasteiger partial charge in [-0.05, 0) is 26.7 Å². The molecule has 3 rings (SSSR count). The number of hydrogen-bond acceptors (Lipinski definition) is 4. The van der Waals surface area contributed by atoms with Gasteiger partial charge in [0.05, 0.1) is 17.6 Å². The SMILES string of the molecule is CC(C)n1cc(-c2nccnc2[C@@H]2CCCN(C(=O)C(C)(C)C)C2)cn1. The molecule has 26 heavy (non-hydrogen) atoms. The standard InChI is InChI=1S/C20H29N5O/c1-14(2)25-13-16(11-23-25)18-17(21-8-9-22-18)15-7-6-10-24(12-15)19(26)20(3,4)5/h8-9,11,13-15H,6-7,10,12H2,1-5H3/t15-/m1/s1. The summed E-state index contributed by atoms with van der Waals surface area (Å²) in [7, 11) is 0. The summed E-state index contributed by atoms with van der Waals surface area (Å²) in [6.45, 7) is 11.7. The van der Waals surface area contributed by atoms with Crippen LogP contribution in [0.25, 0.3) is 11.3 Å². The van der Waals surface area contributed by atoms with Crippen molar-refractivity contribution in [2.75, 3.05) is 13.1 Å². The molecule has 140 valence electrons. The van der Waals surface area contributed by atoms with Crippen molar-refractivity contribution in [3.63, 3.8) is 0 Å². The number of carbonyl (C=O) groups is 1. The molecule has 0 aromatic carbocycles. The van der Waals surface area contributed by atoms with Gasteiger partial charge in [0.15, 0.2) is 0 Å². The summed E-state index contributed by atoms with van der Waals surface area (Å²) in [4.78, 5) is 23.9. The number of rotatable bonds is 3. The first kappa shape index (κ1) is 18.5. The molecule has 2 aromatic heterocycles. The molecule has 2 aromatic rings. The predicted molar refractivity (Wildman–Crippen MR) is 102 cm³/mol. The van der Waals surface area contributed by atoms with Gasteiger partial charge in [0.2, 0.25) is 5.91 Å². The molecule has 0 radical (unpaired) electrons. The van der Waals surface area contributed by atoms with E-state index < -0.39 is 0 Å². The highest BCUT2D eigenvalue weighted by Crippen LogP contribution is 2.33. The van der Waals surface area contributed by atoms with Crippen LogP contribution in [0.2, 0.25) is 0 Å². The van der Waals surface area contributed by atoms with Gasteiger partial charge in [0.25, 0.3) is 0 Å². The van der Waals surface area contributed by atoms with E-state index in [0.717, 1.165) is 36.3 Å². The molecule has 0 bridgehead atoms. The number of piperidine rings is 1. The van der Waals surface area contributed by atoms with Crippen molar-refractivity contribution in [1.82, 2.24) is 24.6 Å². The van der Waals surface area contributed by atoms with Crippen molar-refractivity contribution in [3.05, 3.63) is 30.5 Å². The topological polar surface area (TPSA) is 63.9 Å². The molecule has 0 aliphatic carbocycles. The number of amides is 1. The fourth-order valence-electron chi connectivity index (χ4n) is 3.47. The smallest absolute Gasteiger partial charge is 0.227 e. The van der Waals surface area contributed by atoms with E-state index in [1.54, 1.807) is 12.4 Å². The zero-order valence-corrected chi connectivity index (χ0v) is 16.4. The fourth-order valence-corrected chi connectivity index (χ4v) is 3.47. The van der Waals surface area contributed by atoms with Crippen LogP contribution in [0, 0.1) is 5.41 Å². The molecule has 0 spiro atoms. The van der Waals surface area contributed by atoms with E-state index in [1.807, 2.05) is 42.7 Å². The van der Waals surface area contributed by atoms with Crippen molar-refractivity contribution in [2.24, 2.45) is 5.41 Å². The Balaban J connectivity index is 1.88. The highest BCUT2D eigenvalue weighted by Gasteiger charge is 2.33. The molecule has 0 saturated carbocycles. The van der Waals surface area contributed by atoms with Crippen LogP contribution in [0.1, 0.15) is 65.1 Å². The van der Waals surface area contributed by atoms with Crippen LogP contribution in [0.4, 0.5) is 0 Å². The Kier molecular flexibility index (Phi) is 5.12. The maximum Gasteiger partial charge on any atom is 0.227 e. The largest absolute Gasteiger partial charge is 0.342 e. The van der Waals surface area contributed by atoms with Crippen LogP contribution in [0.15, 0.2) is 24.8 Å². The van der Waals surface area contributed by atoms with Crippen molar-refractivity contribution < 1.29 is 4.79 Å². The maximum absolute atomic E-state index is 12.7. The van der Waals surface area contributed by atoms with Crippen molar-refractivity contribution in [2.45, 2.75) is 59.4 Å².